The van der Waals surface area contributed by atoms with Crippen molar-refractivity contribution in [2.75, 3.05) is 19.0 Å². The molecule has 1 N–H and O–H groups in total. The Hall–Kier alpha value is -1.69. The van der Waals surface area contributed by atoms with Gasteiger partial charge in [0.25, 0.3) is 0 Å². The van der Waals surface area contributed by atoms with Gasteiger partial charge in [-0.25, -0.2) is 9.78 Å². The Morgan fingerprint density at radius 2 is 2.12 bits per heavy atom. The van der Waals surface area contributed by atoms with E-state index in [2.05, 4.69) is 15.3 Å². The van der Waals surface area contributed by atoms with Gasteiger partial charge in [0.1, 0.15) is 5.69 Å². The molecule has 0 aliphatic heterocycles. The van der Waals surface area contributed by atoms with Crippen LogP contribution in [-0.4, -0.2) is 29.8 Å². The lowest BCUT2D eigenvalue weighted by Crippen LogP contribution is -2.18. The minimum atomic E-state index is -0.531. The van der Waals surface area contributed by atoms with Crippen molar-refractivity contribution in [3.05, 3.63) is 18.1 Å². The lowest BCUT2D eigenvalue weighted by Gasteiger charge is -2.10. The van der Waals surface area contributed by atoms with E-state index in [1.807, 2.05) is 13.8 Å². The molecule has 1 heterocycles. The van der Waals surface area contributed by atoms with E-state index in [-0.39, 0.29) is 6.61 Å². The van der Waals surface area contributed by atoms with Crippen LogP contribution in [0.2, 0.25) is 0 Å². The van der Waals surface area contributed by atoms with Crippen LogP contribution < -0.4 is 5.32 Å². The Kier molecular flexibility index (Phi) is 5.35. The standard InChI is InChI=1S/C11H17N3O3/c1-8(2)6-17-11(15)14-10-9(7-16-3)12-4-5-13-10/h4-5,8H,6-7H2,1-3H3,(H,13,14,15). The average Bonchev–Trinajstić information content (AvgIpc) is 2.29. The first-order valence-electron chi connectivity index (χ1n) is 5.36. The molecule has 1 aromatic rings. The molecule has 0 aliphatic rings. The van der Waals surface area contributed by atoms with Crippen molar-refractivity contribution < 1.29 is 14.3 Å². The molecule has 0 aromatic carbocycles. The summed E-state index contributed by atoms with van der Waals surface area (Å²) in [4.78, 5) is 19.5. The van der Waals surface area contributed by atoms with E-state index in [9.17, 15) is 4.79 Å². The number of amides is 1. The molecular weight excluding hydrogens is 222 g/mol. The Bertz CT molecular complexity index is 369. The average molecular weight is 239 g/mol. The molecule has 94 valence electrons. The smallest absolute Gasteiger partial charge is 0.412 e. The number of carbonyl (C=O) groups excluding carboxylic acids is 1. The van der Waals surface area contributed by atoms with Gasteiger partial charge in [-0.15, -0.1) is 0 Å². The second-order valence-electron chi connectivity index (χ2n) is 3.90. The number of ether oxygens (including phenoxy) is 2. The van der Waals surface area contributed by atoms with Gasteiger partial charge in [-0.3, -0.25) is 10.3 Å². The topological polar surface area (TPSA) is 73.3 Å². The summed E-state index contributed by atoms with van der Waals surface area (Å²) in [5.74, 6) is 0.657. The summed E-state index contributed by atoms with van der Waals surface area (Å²) in [5, 5.41) is 2.54. The quantitative estimate of drug-likeness (QED) is 0.848. The van der Waals surface area contributed by atoms with Crippen molar-refractivity contribution in [2.24, 2.45) is 5.92 Å². The molecular formula is C11H17N3O3. The number of anilines is 1. The molecule has 17 heavy (non-hydrogen) atoms. The summed E-state index contributed by atoms with van der Waals surface area (Å²) in [6.07, 6.45) is 2.51. The number of hydrogen-bond acceptors (Lipinski definition) is 5. The monoisotopic (exact) mass is 239 g/mol. The summed E-state index contributed by atoms with van der Waals surface area (Å²) in [6.45, 7) is 4.58. The SMILES string of the molecule is COCc1nccnc1NC(=O)OCC(C)C. The molecule has 0 atom stereocenters. The zero-order valence-corrected chi connectivity index (χ0v) is 10.3. The molecule has 0 bridgehead atoms. The summed E-state index contributed by atoms with van der Waals surface area (Å²) in [5.41, 5.74) is 0.566. The predicted molar refractivity (Wildman–Crippen MR) is 62.6 cm³/mol. The van der Waals surface area contributed by atoms with Crippen molar-refractivity contribution in [3.8, 4) is 0 Å². The highest BCUT2D eigenvalue weighted by Gasteiger charge is 2.10. The maximum absolute atomic E-state index is 11.4. The number of hydrogen-bond donors (Lipinski definition) is 1. The van der Waals surface area contributed by atoms with Gasteiger partial charge in [0.2, 0.25) is 0 Å². The van der Waals surface area contributed by atoms with E-state index in [0.29, 0.717) is 24.0 Å². The van der Waals surface area contributed by atoms with Crippen molar-refractivity contribution in [3.63, 3.8) is 0 Å². The van der Waals surface area contributed by atoms with Gasteiger partial charge in [0, 0.05) is 19.5 Å². The number of carbonyl (C=O) groups is 1. The van der Waals surface area contributed by atoms with Crippen LogP contribution in [0.4, 0.5) is 10.6 Å². The first kappa shape index (κ1) is 13.4. The zero-order valence-electron chi connectivity index (χ0n) is 10.3. The molecule has 1 aromatic heterocycles. The zero-order chi connectivity index (χ0) is 12.7. The summed E-state index contributed by atoms with van der Waals surface area (Å²) < 4.78 is 9.94. The van der Waals surface area contributed by atoms with E-state index in [1.165, 1.54) is 6.20 Å². The fourth-order valence-corrected chi connectivity index (χ4v) is 1.09. The van der Waals surface area contributed by atoms with Crippen LogP contribution in [0, 0.1) is 5.92 Å². The van der Waals surface area contributed by atoms with Gasteiger partial charge in [-0.1, -0.05) is 13.8 Å². The maximum Gasteiger partial charge on any atom is 0.412 e. The molecule has 6 nitrogen and oxygen atoms in total. The largest absolute Gasteiger partial charge is 0.449 e. The Morgan fingerprint density at radius 1 is 1.41 bits per heavy atom. The minimum absolute atomic E-state index is 0.285. The lowest BCUT2D eigenvalue weighted by atomic mass is 10.2. The Balaban J connectivity index is 2.58. The van der Waals surface area contributed by atoms with Gasteiger partial charge in [-0.05, 0) is 5.92 Å². The van der Waals surface area contributed by atoms with Crippen LogP contribution in [0.25, 0.3) is 0 Å². The fourth-order valence-electron chi connectivity index (χ4n) is 1.09. The van der Waals surface area contributed by atoms with E-state index in [4.69, 9.17) is 9.47 Å². The Morgan fingerprint density at radius 3 is 2.76 bits per heavy atom. The van der Waals surface area contributed by atoms with Gasteiger partial charge in [0.05, 0.1) is 13.2 Å². The third-order valence-corrected chi connectivity index (χ3v) is 1.82. The van der Waals surface area contributed by atoms with E-state index in [0.717, 1.165) is 0 Å². The van der Waals surface area contributed by atoms with Crippen molar-refractivity contribution in [2.45, 2.75) is 20.5 Å². The number of methoxy groups -OCH3 is 1. The van der Waals surface area contributed by atoms with Gasteiger partial charge in [-0.2, -0.15) is 0 Å². The number of nitrogens with one attached hydrogen (secondary N) is 1. The third kappa shape index (κ3) is 4.78. The van der Waals surface area contributed by atoms with Crippen molar-refractivity contribution in [1.82, 2.24) is 9.97 Å². The van der Waals surface area contributed by atoms with E-state index < -0.39 is 6.09 Å². The van der Waals surface area contributed by atoms with Crippen LogP contribution in [0.15, 0.2) is 12.4 Å². The van der Waals surface area contributed by atoms with Crippen LogP contribution in [-0.2, 0) is 16.1 Å². The molecule has 6 heteroatoms. The molecule has 0 radical (unpaired) electrons. The number of rotatable bonds is 5. The van der Waals surface area contributed by atoms with Crippen molar-refractivity contribution in [1.29, 1.82) is 0 Å². The predicted octanol–water partition coefficient (Wildman–Crippen LogP) is 1.83. The Labute approximate surface area is 100 Å². The van der Waals surface area contributed by atoms with Crippen LogP contribution in [0.5, 0.6) is 0 Å². The van der Waals surface area contributed by atoms with Gasteiger partial charge < -0.3 is 9.47 Å². The molecule has 0 spiro atoms. The molecule has 0 unspecified atom stereocenters. The normalized spacial score (nSPS) is 10.4. The molecule has 0 saturated heterocycles. The van der Waals surface area contributed by atoms with Crippen LogP contribution >= 0.6 is 0 Å². The molecule has 1 amide bonds. The second kappa shape index (κ2) is 6.80. The van der Waals surface area contributed by atoms with E-state index in [1.54, 1.807) is 13.3 Å². The van der Waals surface area contributed by atoms with Crippen LogP contribution in [0.3, 0.4) is 0 Å². The lowest BCUT2D eigenvalue weighted by molar-refractivity contribution is 0.147. The fraction of sp³-hybridized carbons (Fsp3) is 0.545. The van der Waals surface area contributed by atoms with Gasteiger partial charge >= 0.3 is 6.09 Å². The highest BCUT2D eigenvalue weighted by atomic mass is 16.5. The first-order chi connectivity index (χ1) is 8.13. The second-order valence-corrected chi connectivity index (χ2v) is 3.90. The van der Waals surface area contributed by atoms with E-state index >= 15 is 0 Å². The molecule has 0 aliphatic carbocycles. The highest BCUT2D eigenvalue weighted by molar-refractivity contribution is 5.83. The first-order valence-corrected chi connectivity index (χ1v) is 5.36. The van der Waals surface area contributed by atoms with Gasteiger partial charge in [0.15, 0.2) is 5.82 Å². The maximum atomic E-state index is 11.4. The molecule has 1 rings (SSSR count). The number of nitrogens with zero attached hydrogens (tertiary/aromatic N) is 2. The molecule has 0 saturated carbocycles. The summed E-state index contributed by atoms with van der Waals surface area (Å²) >= 11 is 0. The summed E-state index contributed by atoms with van der Waals surface area (Å²) in [6, 6.07) is 0. The third-order valence-electron chi connectivity index (χ3n) is 1.82. The minimum Gasteiger partial charge on any atom is -0.449 e. The summed E-state index contributed by atoms with van der Waals surface area (Å²) in [7, 11) is 1.55. The highest BCUT2D eigenvalue weighted by Crippen LogP contribution is 2.09. The van der Waals surface area contributed by atoms with Crippen molar-refractivity contribution >= 4 is 11.9 Å². The van der Waals surface area contributed by atoms with Crippen LogP contribution in [0.1, 0.15) is 19.5 Å². The molecule has 0 fully saturated rings. The number of aromatic nitrogens is 2.